The number of hydrogen-bond donors (Lipinski definition) is 2. The maximum Gasteiger partial charge on any atom is 0.193 e. The number of thiophene rings is 1. The summed E-state index contributed by atoms with van der Waals surface area (Å²) in [6, 6.07) is 12.3. The number of nitrogens with zero attached hydrogens (tertiary/aromatic N) is 1. The van der Waals surface area contributed by atoms with Gasteiger partial charge in [0.25, 0.3) is 0 Å². The topological polar surface area (TPSA) is 50.4 Å². The molecule has 0 spiro atoms. The van der Waals surface area contributed by atoms with Crippen molar-refractivity contribution in [2.75, 3.05) is 11.9 Å². The number of guanidine groups is 1. The molecule has 0 saturated carbocycles. The Morgan fingerprint density at radius 3 is 2.48 bits per heavy atom. The largest absolute Gasteiger partial charge is 0.370 e. The van der Waals surface area contributed by atoms with Crippen LogP contribution in [0.4, 0.5) is 5.69 Å². The molecule has 2 rings (SSSR count). The van der Waals surface area contributed by atoms with E-state index >= 15 is 0 Å². The first-order chi connectivity index (χ1) is 9.47. The molecule has 0 unspecified atom stereocenters. The molecule has 5 heteroatoms. The number of aryl methyl sites for hydroxylation is 1. The maximum absolute atomic E-state index is 5.95. The highest BCUT2D eigenvalue weighted by atomic mass is 127. The fraction of sp³-hybridized carbons (Fsp3) is 0.312. The van der Waals surface area contributed by atoms with Crippen molar-refractivity contribution in [1.29, 1.82) is 0 Å². The molecule has 0 fully saturated rings. The minimum absolute atomic E-state index is 0. The number of aliphatic imine (C=N–C) groups is 1. The van der Waals surface area contributed by atoms with E-state index in [1.165, 1.54) is 10.4 Å². The second-order valence-corrected chi connectivity index (χ2v) is 6.50. The van der Waals surface area contributed by atoms with Crippen molar-refractivity contribution in [1.82, 2.24) is 0 Å². The van der Waals surface area contributed by atoms with Gasteiger partial charge in [-0.2, -0.15) is 0 Å². The van der Waals surface area contributed by atoms with Crippen LogP contribution in [0.2, 0.25) is 0 Å². The maximum atomic E-state index is 5.95. The molecule has 0 aliphatic heterocycles. The normalized spacial score (nSPS) is 11.9. The minimum atomic E-state index is 0. The summed E-state index contributed by atoms with van der Waals surface area (Å²) < 4.78 is 0. The zero-order valence-corrected chi connectivity index (χ0v) is 15.7. The van der Waals surface area contributed by atoms with Gasteiger partial charge >= 0.3 is 0 Å². The molecule has 0 amide bonds. The van der Waals surface area contributed by atoms with E-state index in [1.807, 2.05) is 24.3 Å². The average molecular weight is 415 g/mol. The van der Waals surface area contributed by atoms with Crippen molar-refractivity contribution >= 4 is 47.0 Å². The Balaban J connectivity index is 0.00000220. The van der Waals surface area contributed by atoms with Gasteiger partial charge in [0, 0.05) is 16.0 Å². The third-order valence-corrected chi connectivity index (χ3v) is 4.39. The summed E-state index contributed by atoms with van der Waals surface area (Å²) in [5, 5.41) is 5.21. The van der Waals surface area contributed by atoms with E-state index in [0.717, 1.165) is 5.69 Å². The number of nitrogens with two attached hydrogens (primary N) is 1. The third kappa shape index (κ3) is 5.32. The molecule has 0 saturated heterocycles. The molecule has 1 aromatic carbocycles. The third-order valence-electron chi connectivity index (χ3n) is 3.16. The number of benzene rings is 1. The van der Waals surface area contributed by atoms with E-state index in [1.54, 1.807) is 11.3 Å². The van der Waals surface area contributed by atoms with Crippen LogP contribution < -0.4 is 11.1 Å². The first-order valence-electron chi connectivity index (χ1n) is 6.65. The van der Waals surface area contributed by atoms with E-state index in [4.69, 9.17) is 5.73 Å². The lowest BCUT2D eigenvalue weighted by Gasteiger charge is -2.21. The standard InChI is InChI=1S/C16H21N3S.HI/c1-12-6-8-13(9-7-12)19-15(17)18-11-16(2,3)14-5-4-10-20-14;/h4-10H,11H2,1-3H3,(H3,17,18,19);1H. The summed E-state index contributed by atoms with van der Waals surface area (Å²) >= 11 is 1.76. The summed E-state index contributed by atoms with van der Waals surface area (Å²) in [5.41, 5.74) is 8.14. The van der Waals surface area contributed by atoms with E-state index < -0.39 is 0 Å². The minimum Gasteiger partial charge on any atom is -0.370 e. The van der Waals surface area contributed by atoms with Crippen molar-refractivity contribution in [3.63, 3.8) is 0 Å². The van der Waals surface area contributed by atoms with Gasteiger partial charge in [0.05, 0.1) is 6.54 Å². The van der Waals surface area contributed by atoms with Gasteiger partial charge < -0.3 is 11.1 Å². The van der Waals surface area contributed by atoms with Gasteiger partial charge in [0.1, 0.15) is 0 Å². The molecule has 21 heavy (non-hydrogen) atoms. The van der Waals surface area contributed by atoms with Crippen LogP contribution in [0.3, 0.4) is 0 Å². The highest BCUT2D eigenvalue weighted by molar-refractivity contribution is 14.0. The van der Waals surface area contributed by atoms with E-state index in [0.29, 0.717) is 12.5 Å². The molecule has 0 atom stereocenters. The zero-order chi connectivity index (χ0) is 14.6. The molecule has 1 aromatic heterocycles. The van der Waals surface area contributed by atoms with Gasteiger partial charge in [-0.15, -0.1) is 35.3 Å². The van der Waals surface area contributed by atoms with Gasteiger partial charge in [-0.25, -0.2) is 0 Å². The number of rotatable bonds is 4. The van der Waals surface area contributed by atoms with Crippen molar-refractivity contribution in [2.24, 2.45) is 10.7 Å². The summed E-state index contributed by atoms with van der Waals surface area (Å²) in [6.07, 6.45) is 0. The molecule has 114 valence electrons. The van der Waals surface area contributed by atoms with Crippen molar-refractivity contribution in [3.05, 3.63) is 52.2 Å². The van der Waals surface area contributed by atoms with Crippen LogP contribution in [0.1, 0.15) is 24.3 Å². The number of anilines is 1. The smallest absolute Gasteiger partial charge is 0.193 e. The van der Waals surface area contributed by atoms with Crippen LogP contribution in [0.15, 0.2) is 46.8 Å². The Bertz CT molecular complexity index is 574. The summed E-state index contributed by atoms with van der Waals surface area (Å²) in [6.45, 7) is 7.09. The van der Waals surface area contributed by atoms with Crippen LogP contribution in [-0.2, 0) is 5.41 Å². The lowest BCUT2D eigenvalue weighted by atomic mass is 9.92. The SMILES string of the molecule is Cc1ccc(NC(N)=NCC(C)(C)c2cccs2)cc1.I. The highest BCUT2D eigenvalue weighted by Crippen LogP contribution is 2.27. The fourth-order valence-electron chi connectivity index (χ4n) is 1.85. The molecule has 3 nitrogen and oxygen atoms in total. The lowest BCUT2D eigenvalue weighted by molar-refractivity contribution is 0.551. The van der Waals surface area contributed by atoms with Crippen molar-refractivity contribution in [3.8, 4) is 0 Å². The molecule has 0 aliphatic carbocycles. The average Bonchev–Trinajstić information content (AvgIpc) is 2.94. The quantitative estimate of drug-likeness (QED) is 0.443. The van der Waals surface area contributed by atoms with Gasteiger partial charge in [-0.1, -0.05) is 37.6 Å². The zero-order valence-electron chi connectivity index (χ0n) is 12.6. The predicted molar refractivity (Wildman–Crippen MR) is 104 cm³/mol. The molecular weight excluding hydrogens is 393 g/mol. The molecule has 0 radical (unpaired) electrons. The van der Waals surface area contributed by atoms with Gasteiger partial charge in [-0.3, -0.25) is 4.99 Å². The highest BCUT2D eigenvalue weighted by Gasteiger charge is 2.21. The number of halogens is 1. The number of nitrogens with one attached hydrogen (secondary N) is 1. The Labute approximate surface area is 147 Å². The van der Waals surface area contributed by atoms with Crippen LogP contribution in [-0.4, -0.2) is 12.5 Å². The van der Waals surface area contributed by atoms with Crippen molar-refractivity contribution < 1.29 is 0 Å². The second-order valence-electron chi connectivity index (χ2n) is 5.55. The Morgan fingerprint density at radius 1 is 1.24 bits per heavy atom. The van der Waals surface area contributed by atoms with Gasteiger partial charge in [-0.05, 0) is 30.5 Å². The van der Waals surface area contributed by atoms with Gasteiger partial charge in [0.2, 0.25) is 0 Å². The first kappa shape index (κ1) is 18.0. The first-order valence-corrected chi connectivity index (χ1v) is 7.53. The number of hydrogen-bond acceptors (Lipinski definition) is 2. The molecule has 3 N–H and O–H groups in total. The summed E-state index contributed by atoms with van der Waals surface area (Å²) in [5.74, 6) is 0.457. The molecule has 0 aliphatic rings. The van der Waals surface area contributed by atoms with Crippen LogP contribution in [0.25, 0.3) is 0 Å². The molecular formula is C16H22IN3S. The Hall–Kier alpha value is -1.08. The van der Waals surface area contributed by atoms with Crippen LogP contribution in [0.5, 0.6) is 0 Å². The monoisotopic (exact) mass is 415 g/mol. The van der Waals surface area contributed by atoms with E-state index in [-0.39, 0.29) is 29.4 Å². The molecule has 1 heterocycles. The summed E-state index contributed by atoms with van der Waals surface area (Å²) in [4.78, 5) is 5.78. The van der Waals surface area contributed by atoms with Gasteiger partial charge in [0.15, 0.2) is 5.96 Å². The Morgan fingerprint density at radius 2 is 1.90 bits per heavy atom. The van der Waals surface area contributed by atoms with E-state index in [2.05, 4.69) is 48.6 Å². The molecule has 2 aromatic rings. The van der Waals surface area contributed by atoms with Crippen LogP contribution in [0, 0.1) is 6.92 Å². The fourth-order valence-corrected chi connectivity index (χ4v) is 2.69. The predicted octanol–water partition coefficient (Wildman–Crippen LogP) is 4.38. The summed E-state index contributed by atoms with van der Waals surface area (Å²) in [7, 11) is 0. The van der Waals surface area contributed by atoms with Crippen molar-refractivity contribution in [2.45, 2.75) is 26.2 Å². The Kier molecular flexibility index (Phi) is 6.67. The molecule has 0 bridgehead atoms. The van der Waals surface area contributed by atoms with E-state index in [9.17, 15) is 0 Å². The lowest BCUT2D eigenvalue weighted by Crippen LogP contribution is -2.27. The second kappa shape index (κ2) is 7.79. The van der Waals surface area contributed by atoms with Crippen LogP contribution >= 0.6 is 35.3 Å².